The molecule has 0 saturated heterocycles. The largest absolute Gasteiger partial charge is 0.400 e. The molecule has 2 aliphatic carbocycles. The van der Waals surface area contributed by atoms with E-state index in [0.717, 1.165) is 13.2 Å². The van der Waals surface area contributed by atoms with Crippen LogP contribution in [0.5, 0.6) is 0 Å². The Bertz CT molecular complexity index is 2010. The van der Waals surface area contributed by atoms with E-state index in [2.05, 4.69) is 15.4 Å². The number of anilines is 2. The molecular weight excluding hydrogens is 767 g/mol. The van der Waals surface area contributed by atoms with Crippen LogP contribution in [0.3, 0.4) is 0 Å². The van der Waals surface area contributed by atoms with Crippen molar-refractivity contribution in [1.29, 1.82) is 0 Å². The minimum Gasteiger partial charge on any atom is -0.400 e. The third-order valence-corrected chi connectivity index (χ3v) is 10.6. The van der Waals surface area contributed by atoms with E-state index in [4.69, 9.17) is 34.0 Å². The molecular formula is C39H46Cl2F4N4O4S. The summed E-state index contributed by atoms with van der Waals surface area (Å²) in [5.41, 5.74) is 9.32. The topological polar surface area (TPSA) is 134 Å². The number of hydrogen-bond acceptors (Lipinski definition) is 5. The highest BCUT2D eigenvalue weighted by Crippen LogP contribution is 2.37. The zero-order valence-electron chi connectivity index (χ0n) is 28.7. The van der Waals surface area contributed by atoms with Crippen LogP contribution in [0.2, 0.25) is 10.0 Å². The monoisotopic (exact) mass is 812 g/mol. The molecule has 15 heteroatoms. The molecule has 0 fully saturated rings. The molecule has 0 radical (unpaired) electrons. The molecule has 0 heterocycles. The molecule has 6 N–H and O–H groups in total. The molecule has 4 aromatic rings. The van der Waals surface area contributed by atoms with Crippen LogP contribution >= 0.6 is 23.2 Å². The molecule has 3 atom stereocenters. The SMILES string of the molecule is C.C.CC(C)(C)[S@](=O)N[C@H]1CCc2c(C(=O)Nc3ccc(F)c(Cl)c3)ccc(F)c21.CO.N[C@H]1CCc2c(C(=O)Nc3ccc(F)c(Cl)c3)ccc(F)c21. The summed E-state index contributed by atoms with van der Waals surface area (Å²) >= 11 is 11.4. The number of amides is 2. The van der Waals surface area contributed by atoms with Crippen molar-refractivity contribution in [2.75, 3.05) is 17.7 Å². The molecule has 0 bridgehead atoms. The first-order chi connectivity index (χ1) is 24.5. The summed E-state index contributed by atoms with van der Waals surface area (Å²) in [4.78, 5) is 25.1. The van der Waals surface area contributed by atoms with Crippen LogP contribution in [0.1, 0.15) is 104 Å². The third-order valence-electron chi connectivity index (χ3n) is 8.37. The summed E-state index contributed by atoms with van der Waals surface area (Å²) in [6, 6.07) is 12.3. The van der Waals surface area contributed by atoms with Crippen molar-refractivity contribution in [1.82, 2.24) is 4.72 Å². The van der Waals surface area contributed by atoms with E-state index in [1.165, 1.54) is 54.6 Å². The maximum absolute atomic E-state index is 14.5. The number of nitrogens with two attached hydrogens (primary N) is 1. The molecule has 8 nitrogen and oxygen atoms in total. The van der Waals surface area contributed by atoms with E-state index in [1.54, 1.807) is 0 Å². The molecule has 2 amide bonds. The molecule has 4 aromatic carbocycles. The van der Waals surface area contributed by atoms with Gasteiger partial charge in [0, 0.05) is 52.8 Å². The van der Waals surface area contributed by atoms with Crippen molar-refractivity contribution in [3.05, 3.63) is 127 Å². The number of nitrogens with one attached hydrogen (secondary N) is 3. The Balaban J connectivity index is 0.000000353. The summed E-state index contributed by atoms with van der Waals surface area (Å²) in [6.45, 7) is 5.50. The summed E-state index contributed by atoms with van der Waals surface area (Å²) in [6.07, 6.45) is 2.19. The summed E-state index contributed by atoms with van der Waals surface area (Å²) < 4.78 is 69.7. The van der Waals surface area contributed by atoms with E-state index in [0.29, 0.717) is 70.4 Å². The van der Waals surface area contributed by atoms with Crippen molar-refractivity contribution in [3.8, 4) is 0 Å². The number of fused-ring (bicyclic) bond motifs is 2. The minimum atomic E-state index is -1.36. The van der Waals surface area contributed by atoms with Crippen LogP contribution in [0.4, 0.5) is 28.9 Å². The van der Waals surface area contributed by atoms with E-state index in [-0.39, 0.29) is 36.8 Å². The second kappa shape index (κ2) is 19.7. The third kappa shape index (κ3) is 10.7. The molecule has 294 valence electrons. The molecule has 0 saturated carbocycles. The van der Waals surface area contributed by atoms with Crippen molar-refractivity contribution < 1.29 is 36.5 Å². The van der Waals surface area contributed by atoms with Crippen molar-refractivity contribution >= 4 is 57.4 Å². The van der Waals surface area contributed by atoms with Gasteiger partial charge in [-0.2, -0.15) is 0 Å². The van der Waals surface area contributed by atoms with Gasteiger partial charge in [0.1, 0.15) is 23.3 Å². The maximum Gasteiger partial charge on any atom is 0.255 e. The second-order valence-corrected chi connectivity index (χ2v) is 15.7. The lowest BCUT2D eigenvalue weighted by Crippen LogP contribution is -2.35. The minimum absolute atomic E-state index is 0. The zero-order valence-corrected chi connectivity index (χ0v) is 31.0. The lowest BCUT2D eigenvalue weighted by molar-refractivity contribution is 0.101. The lowest BCUT2D eigenvalue weighted by Gasteiger charge is -2.22. The number of benzene rings is 4. The predicted molar refractivity (Wildman–Crippen MR) is 210 cm³/mol. The predicted octanol–water partition coefficient (Wildman–Crippen LogP) is 9.61. The standard InChI is InChI=1S/C20H21ClF2N2O2S.C16H13ClF2N2O.CH4O.2CH4/c1-20(2,3)28(27)25-17-9-6-12-13(5-8-16(23)18(12)17)19(26)24-11-4-7-15(22)14(21)10-11;17-11-7-8(1-4-12(11)18)21-16(22)10-2-5-13(19)15-9(10)3-6-14(15)20;1-2;;/h4-5,7-8,10,17,25H,6,9H2,1-3H3,(H,24,26);1-2,4-5,7,14H,3,6,20H2,(H,21,22);2H,1H3;2*1H4/t17-,28-;14-;;;/m00.../s1. The van der Waals surface area contributed by atoms with E-state index >= 15 is 0 Å². The fourth-order valence-corrected chi connectivity index (χ4v) is 7.07. The summed E-state index contributed by atoms with van der Waals surface area (Å²) in [5.74, 6) is -2.79. The van der Waals surface area contributed by atoms with Crippen LogP contribution in [-0.4, -0.2) is 33.0 Å². The average molecular weight is 814 g/mol. The van der Waals surface area contributed by atoms with Gasteiger partial charge < -0.3 is 21.5 Å². The molecule has 0 aliphatic heterocycles. The molecule has 54 heavy (non-hydrogen) atoms. The van der Waals surface area contributed by atoms with Crippen LogP contribution in [0.15, 0.2) is 60.7 Å². The highest BCUT2D eigenvalue weighted by Gasteiger charge is 2.33. The molecule has 2 aliphatic rings. The van der Waals surface area contributed by atoms with E-state index in [1.807, 2.05) is 20.8 Å². The van der Waals surface area contributed by atoms with Gasteiger partial charge in [-0.05, 0) is 118 Å². The Morgan fingerprint density at radius 2 is 1.13 bits per heavy atom. The van der Waals surface area contributed by atoms with Crippen LogP contribution in [-0.2, 0) is 23.8 Å². The molecule has 0 spiro atoms. The van der Waals surface area contributed by atoms with Crippen molar-refractivity contribution in [2.45, 2.75) is 78.1 Å². The van der Waals surface area contributed by atoms with Gasteiger partial charge in [0.05, 0.1) is 25.8 Å². The molecule has 0 aromatic heterocycles. The average Bonchev–Trinajstić information content (AvgIpc) is 3.70. The van der Waals surface area contributed by atoms with Gasteiger partial charge in [0.15, 0.2) is 0 Å². The Morgan fingerprint density at radius 1 is 0.722 bits per heavy atom. The van der Waals surface area contributed by atoms with Crippen molar-refractivity contribution in [3.63, 3.8) is 0 Å². The second-order valence-electron chi connectivity index (χ2n) is 12.9. The Morgan fingerprint density at radius 3 is 1.57 bits per heavy atom. The number of carbonyl (C=O) groups excluding carboxylic acids is 2. The quantitative estimate of drug-likeness (QED) is 0.124. The highest BCUT2D eigenvalue weighted by molar-refractivity contribution is 7.84. The number of aliphatic hydroxyl groups is 1. The van der Waals surface area contributed by atoms with E-state index < -0.39 is 51.0 Å². The van der Waals surface area contributed by atoms with Gasteiger partial charge in [-0.25, -0.2) is 26.5 Å². The Labute approximate surface area is 326 Å². The molecule has 0 unspecified atom stereocenters. The number of aliphatic hydroxyl groups excluding tert-OH is 1. The summed E-state index contributed by atoms with van der Waals surface area (Å²) in [7, 11) is -0.364. The number of halogens is 6. The fourth-order valence-electron chi connectivity index (χ4n) is 5.86. The first kappa shape index (κ1) is 46.3. The van der Waals surface area contributed by atoms with Gasteiger partial charge in [0.2, 0.25) is 0 Å². The summed E-state index contributed by atoms with van der Waals surface area (Å²) in [5, 5.41) is 12.1. The first-order valence-electron chi connectivity index (χ1n) is 16.1. The van der Waals surface area contributed by atoms with Crippen LogP contribution < -0.4 is 21.1 Å². The number of rotatable bonds is 6. The zero-order chi connectivity index (χ0) is 38.5. The van der Waals surface area contributed by atoms with Gasteiger partial charge in [-0.15, -0.1) is 0 Å². The van der Waals surface area contributed by atoms with Crippen molar-refractivity contribution in [2.24, 2.45) is 5.73 Å². The number of carbonyl (C=O) groups is 2. The van der Waals surface area contributed by atoms with Crippen LogP contribution in [0, 0.1) is 23.3 Å². The number of hydrogen-bond donors (Lipinski definition) is 5. The fraction of sp³-hybridized carbons (Fsp3) is 0.333. The first-order valence-corrected chi connectivity index (χ1v) is 18.0. The van der Waals surface area contributed by atoms with Gasteiger partial charge in [-0.3, -0.25) is 9.59 Å². The van der Waals surface area contributed by atoms with Gasteiger partial charge in [-0.1, -0.05) is 38.1 Å². The van der Waals surface area contributed by atoms with Gasteiger partial charge >= 0.3 is 0 Å². The highest BCUT2D eigenvalue weighted by atomic mass is 35.5. The Hall–Kier alpha value is -3.85. The normalized spacial score (nSPS) is 15.8. The maximum atomic E-state index is 14.5. The molecule has 6 rings (SSSR count). The Kier molecular flexibility index (Phi) is 16.9. The lowest BCUT2D eigenvalue weighted by atomic mass is 10.0. The smallest absolute Gasteiger partial charge is 0.255 e. The van der Waals surface area contributed by atoms with Crippen LogP contribution in [0.25, 0.3) is 0 Å². The van der Waals surface area contributed by atoms with E-state index in [9.17, 15) is 31.4 Å². The van der Waals surface area contributed by atoms with Gasteiger partial charge in [0.25, 0.3) is 11.8 Å².